The summed E-state index contributed by atoms with van der Waals surface area (Å²) < 4.78 is 2.37. The van der Waals surface area contributed by atoms with Gasteiger partial charge >= 0.3 is 0 Å². The van der Waals surface area contributed by atoms with Crippen molar-refractivity contribution in [2.24, 2.45) is 5.92 Å². The fourth-order valence-electron chi connectivity index (χ4n) is 11.5. The van der Waals surface area contributed by atoms with Crippen molar-refractivity contribution in [3.8, 4) is 39.1 Å². The van der Waals surface area contributed by atoms with Crippen LogP contribution in [0.5, 0.6) is 0 Å². The minimum Gasteiger partial charge on any atom is -0.309 e. The Labute approximate surface area is 406 Å². The summed E-state index contributed by atoms with van der Waals surface area (Å²) in [6.07, 6.45) is 9.24. The van der Waals surface area contributed by atoms with Crippen molar-refractivity contribution in [2.75, 3.05) is 0 Å². The first-order valence-corrected chi connectivity index (χ1v) is 24.9. The van der Waals surface area contributed by atoms with Gasteiger partial charge in [0.15, 0.2) is 0 Å². The van der Waals surface area contributed by atoms with Crippen molar-refractivity contribution in [2.45, 2.75) is 92.9 Å². The molecule has 0 saturated heterocycles. The van der Waals surface area contributed by atoms with E-state index in [1.54, 1.807) is 5.57 Å². The lowest BCUT2D eigenvalue weighted by atomic mass is 9.63. The van der Waals surface area contributed by atoms with E-state index in [2.05, 4.69) is 254 Å². The molecule has 0 saturated carbocycles. The number of fused-ring (bicyclic) bond motifs is 9. The molecule has 0 bridgehead atoms. The van der Waals surface area contributed by atoms with E-state index in [9.17, 15) is 0 Å². The lowest BCUT2D eigenvalue weighted by Crippen LogP contribution is -2.34. The van der Waals surface area contributed by atoms with Crippen LogP contribution < -0.4 is 0 Å². The molecule has 12 rings (SSSR count). The van der Waals surface area contributed by atoms with Gasteiger partial charge in [0.1, 0.15) is 0 Å². The normalized spacial score (nSPS) is 14.3. The summed E-state index contributed by atoms with van der Waals surface area (Å²) in [7, 11) is 0. The van der Waals surface area contributed by atoms with E-state index in [1.807, 2.05) is 13.8 Å². The fraction of sp³-hybridized carbons (Fsp3) is 0.224. The van der Waals surface area contributed by atoms with Crippen LogP contribution in [0.25, 0.3) is 60.9 Å². The van der Waals surface area contributed by atoms with E-state index >= 15 is 0 Å². The Bertz CT molecular complexity index is 3300. The number of para-hydroxylation sites is 1. The highest BCUT2D eigenvalue weighted by molar-refractivity contribution is 6.10. The van der Waals surface area contributed by atoms with Crippen LogP contribution in [0.2, 0.25) is 0 Å². The molecule has 0 atom stereocenters. The predicted octanol–water partition coefficient (Wildman–Crippen LogP) is 18.6. The molecule has 340 valence electrons. The molecule has 3 aliphatic carbocycles. The molecular formula is C67H67N. The lowest BCUT2D eigenvalue weighted by Gasteiger charge is -2.39. The maximum atomic E-state index is 2.39. The second kappa shape index (κ2) is 19.0. The molecule has 1 heteroatoms. The number of hydrogen-bond acceptors (Lipinski definition) is 0. The van der Waals surface area contributed by atoms with Gasteiger partial charge in [0.25, 0.3) is 0 Å². The van der Waals surface area contributed by atoms with Crippen LogP contribution in [0.3, 0.4) is 0 Å². The summed E-state index contributed by atoms with van der Waals surface area (Å²) in [5.41, 5.74) is 24.9. The first kappa shape index (κ1) is 46.2. The standard InChI is InChI=1S/C25H19N.C24H26.C16H16.C2H6/c1-18-8-7-11-21(16-18)26-24-13-6-5-12-22(24)23-17-20(14-15-25(23)26)19-9-3-2-4-10-19;1-16(2)24(19-8-6-5-7-9-19)22-12-10-17(3)14-20(22)21-15-18(4)11-13-23(21)24;1-11-8-9-13-12-6-4-5-7-14(12)16(2,3)15(13)10-11;1-2/h2-17H,1H3;5-6,8,10-16H,7,9H2,1-4H3;4-10H,1-3H3;1-2H3. The Balaban J connectivity index is 0.000000128. The highest BCUT2D eigenvalue weighted by atomic mass is 15.0. The van der Waals surface area contributed by atoms with Crippen LogP contribution in [0.15, 0.2) is 200 Å². The molecule has 8 aromatic carbocycles. The smallest absolute Gasteiger partial charge is 0.0541 e. The average Bonchev–Trinajstić information content (AvgIpc) is 3.93. The summed E-state index contributed by atoms with van der Waals surface area (Å²) >= 11 is 0. The Morgan fingerprint density at radius 1 is 0.456 bits per heavy atom. The Hall–Kier alpha value is -6.96. The zero-order valence-electron chi connectivity index (χ0n) is 41.9. The third-order valence-corrected chi connectivity index (χ3v) is 14.7. The number of allylic oxidation sites excluding steroid dienone is 4. The molecular weight excluding hydrogens is 819 g/mol. The van der Waals surface area contributed by atoms with Crippen LogP contribution in [-0.2, 0) is 10.8 Å². The largest absolute Gasteiger partial charge is 0.309 e. The van der Waals surface area contributed by atoms with Gasteiger partial charge in [-0.3, -0.25) is 0 Å². The average molecular weight is 886 g/mol. The second-order valence-electron chi connectivity index (χ2n) is 19.7. The zero-order chi connectivity index (χ0) is 47.7. The molecule has 68 heavy (non-hydrogen) atoms. The van der Waals surface area contributed by atoms with Crippen LogP contribution in [0, 0.1) is 33.6 Å². The summed E-state index contributed by atoms with van der Waals surface area (Å²) in [4.78, 5) is 0. The quantitative estimate of drug-likeness (QED) is 0.166. The third kappa shape index (κ3) is 8.06. The van der Waals surface area contributed by atoms with Crippen LogP contribution >= 0.6 is 0 Å². The number of aryl methyl sites for hydroxylation is 4. The molecule has 0 unspecified atom stereocenters. The van der Waals surface area contributed by atoms with Gasteiger partial charge in [0, 0.05) is 27.3 Å². The maximum Gasteiger partial charge on any atom is 0.0541 e. The van der Waals surface area contributed by atoms with Gasteiger partial charge in [0.2, 0.25) is 0 Å². The molecule has 0 radical (unpaired) electrons. The maximum absolute atomic E-state index is 2.39. The van der Waals surface area contributed by atoms with Gasteiger partial charge in [-0.1, -0.05) is 228 Å². The van der Waals surface area contributed by atoms with E-state index in [4.69, 9.17) is 0 Å². The van der Waals surface area contributed by atoms with E-state index in [0.29, 0.717) is 5.92 Å². The van der Waals surface area contributed by atoms with Crippen molar-refractivity contribution in [3.63, 3.8) is 0 Å². The third-order valence-electron chi connectivity index (χ3n) is 14.7. The first-order valence-electron chi connectivity index (χ1n) is 24.9. The minimum absolute atomic E-state index is 0.0246. The van der Waals surface area contributed by atoms with Crippen LogP contribution in [0.4, 0.5) is 0 Å². The van der Waals surface area contributed by atoms with E-state index in [-0.39, 0.29) is 10.8 Å². The molecule has 1 heterocycles. The van der Waals surface area contributed by atoms with Crippen molar-refractivity contribution in [3.05, 3.63) is 244 Å². The van der Waals surface area contributed by atoms with Crippen LogP contribution in [-0.4, -0.2) is 4.57 Å². The number of hydrogen-bond donors (Lipinski definition) is 0. The predicted molar refractivity (Wildman–Crippen MR) is 294 cm³/mol. The molecule has 0 aliphatic heterocycles. The number of nitrogens with zero attached hydrogens (tertiary/aromatic N) is 1. The monoisotopic (exact) mass is 886 g/mol. The molecule has 1 aromatic heterocycles. The molecule has 0 N–H and O–H groups in total. The molecule has 1 nitrogen and oxygen atoms in total. The van der Waals surface area contributed by atoms with Gasteiger partial charge in [-0.2, -0.15) is 0 Å². The number of aromatic nitrogens is 1. The van der Waals surface area contributed by atoms with E-state index < -0.39 is 0 Å². The minimum atomic E-state index is 0.0246. The first-order chi connectivity index (χ1) is 33.0. The SMILES string of the molecule is CC.Cc1ccc2c(c1)-c1cc(C)ccc1C2(C1=CC=CCC1)C(C)C.Cc1ccc2c(c1)C(C)(C)c1ccccc1-2.Cc1cccc(-n2c3ccccc3c3cc(-c4ccccc4)ccc32)c1. The van der Waals surface area contributed by atoms with Crippen LogP contribution in [0.1, 0.15) is 98.9 Å². The molecule has 3 aliphatic rings. The van der Waals surface area contributed by atoms with Crippen molar-refractivity contribution in [1.29, 1.82) is 0 Å². The van der Waals surface area contributed by atoms with Crippen molar-refractivity contribution < 1.29 is 0 Å². The molecule has 0 fully saturated rings. The highest BCUT2D eigenvalue weighted by Crippen LogP contribution is 2.58. The zero-order valence-corrected chi connectivity index (χ0v) is 41.9. The van der Waals surface area contributed by atoms with Gasteiger partial charge in [-0.15, -0.1) is 0 Å². The van der Waals surface area contributed by atoms with Gasteiger partial charge < -0.3 is 4.57 Å². The van der Waals surface area contributed by atoms with Gasteiger partial charge in [-0.25, -0.2) is 0 Å². The highest BCUT2D eigenvalue weighted by Gasteiger charge is 2.47. The Morgan fingerprint density at radius 2 is 1.06 bits per heavy atom. The van der Waals surface area contributed by atoms with Crippen molar-refractivity contribution in [1.82, 2.24) is 4.57 Å². The second-order valence-corrected chi connectivity index (χ2v) is 19.7. The van der Waals surface area contributed by atoms with E-state index in [0.717, 1.165) is 12.8 Å². The summed E-state index contributed by atoms with van der Waals surface area (Å²) in [6.45, 7) is 22.1. The summed E-state index contributed by atoms with van der Waals surface area (Å²) in [5.74, 6) is 0.528. The lowest BCUT2D eigenvalue weighted by molar-refractivity contribution is 0.425. The topological polar surface area (TPSA) is 4.93 Å². The van der Waals surface area contributed by atoms with Gasteiger partial charge in [-0.05, 0) is 138 Å². The molecule has 9 aromatic rings. The number of benzene rings is 8. The Morgan fingerprint density at radius 3 is 1.74 bits per heavy atom. The number of rotatable bonds is 4. The van der Waals surface area contributed by atoms with Crippen molar-refractivity contribution >= 4 is 21.8 Å². The Kier molecular flexibility index (Phi) is 12.9. The molecule has 0 amide bonds. The summed E-state index contributed by atoms with van der Waals surface area (Å²) in [6, 6.07) is 64.4. The fourth-order valence-corrected chi connectivity index (χ4v) is 11.5. The van der Waals surface area contributed by atoms with Gasteiger partial charge in [0.05, 0.1) is 11.0 Å². The molecule has 0 spiro atoms. The summed E-state index contributed by atoms with van der Waals surface area (Å²) in [5, 5.41) is 2.59. The van der Waals surface area contributed by atoms with E-state index in [1.165, 1.54) is 105 Å².